The van der Waals surface area contributed by atoms with Crippen LogP contribution in [0.25, 0.3) is 22.3 Å². The molecule has 0 aromatic heterocycles. The van der Waals surface area contributed by atoms with Crippen LogP contribution >= 0.6 is 0 Å². The molecule has 2 aliphatic rings. The van der Waals surface area contributed by atoms with Crippen molar-refractivity contribution in [3.05, 3.63) is 155 Å². The standard InChI is InChI=1S/C33H24/c1-22-25-16-8-9-17-26(25)28-20-21-29-27-18-10-11-19-30(27)33(32(29)31(22)28,23-12-4-2-5-13-23)24-14-6-3-7-15-24/h2-22H,1H3. The van der Waals surface area contributed by atoms with Crippen LogP contribution in [0.5, 0.6) is 0 Å². The van der Waals surface area contributed by atoms with Gasteiger partial charge in [0.25, 0.3) is 0 Å². The Morgan fingerprint density at radius 2 is 1.03 bits per heavy atom. The van der Waals surface area contributed by atoms with Crippen molar-refractivity contribution in [2.45, 2.75) is 18.3 Å². The minimum Gasteiger partial charge on any atom is -0.0622 e. The highest BCUT2D eigenvalue weighted by atomic mass is 14.5. The van der Waals surface area contributed by atoms with Gasteiger partial charge in [-0.1, -0.05) is 128 Å². The molecule has 2 aliphatic carbocycles. The van der Waals surface area contributed by atoms with Crippen LogP contribution in [0.2, 0.25) is 0 Å². The molecule has 0 heteroatoms. The van der Waals surface area contributed by atoms with Crippen LogP contribution in [0, 0.1) is 0 Å². The molecule has 0 fully saturated rings. The number of fused-ring (bicyclic) bond motifs is 7. The molecule has 5 aromatic carbocycles. The molecule has 0 N–H and O–H groups in total. The lowest BCUT2D eigenvalue weighted by atomic mass is 9.65. The average Bonchev–Trinajstić information content (AvgIpc) is 3.36. The first kappa shape index (κ1) is 18.7. The Hall–Kier alpha value is -3.90. The van der Waals surface area contributed by atoms with Crippen LogP contribution in [0.1, 0.15) is 46.2 Å². The summed E-state index contributed by atoms with van der Waals surface area (Å²) >= 11 is 0. The third-order valence-electron chi connectivity index (χ3n) is 7.81. The topological polar surface area (TPSA) is 0 Å². The van der Waals surface area contributed by atoms with Gasteiger partial charge in [0, 0.05) is 5.92 Å². The number of hydrogen-bond acceptors (Lipinski definition) is 0. The first-order chi connectivity index (χ1) is 16.3. The summed E-state index contributed by atoms with van der Waals surface area (Å²) < 4.78 is 0. The first-order valence-corrected chi connectivity index (χ1v) is 11.8. The first-order valence-electron chi connectivity index (χ1n) is 11.8. The van der Waals surface area contributed by atoms with E-state index >= 15 is 0 Å². The van der Waals surface area contributed by atoms with Gasteiger partial charge in [-0.25, -0.2) is 0 Å². The summed E-state index contributed by atoms with van der Waals surface area (Å²) in [5, 5.41) is 0. The molecule has 0 heterocycles. The van der Waals surface area contributed by atoms with Crippen molar-refractivity contribution in [3.8, 4) is 22.3 Å². The highest BCUT2D eigenvalue weighted by molar-refractivity contribution is 5.93. The minimum atomic E-state index is -0.337. The van der Waals surface area contributed by atoms with Crippen molar-refractivity contribution in [2.24, 2.45) is 0 Å². The van der Waals surface area contributed by atoms with Crippen molar-refractivity contribution in [2.75, 3.05) is 0 Å². The van der Waals surface area contributed by atoms with Gasteiger partial charge in [0.1, 0.15) is 0 Å². The van der Waals surface area contributed by atoms with E-state index in [0.717, 1.165) is 0 Å². The SMILES string of the molecule is CC1c2ccccc2-c2ccc3c(c21)C(c1ccccc1)(c1ccccc1)c1ccccc1-3. The molecule has 7 rings (SSSR count). The molecule has 0 aliphatic heterocycles. The van der Waals surface area contributed by atoms with Gasteiger partial charge in [-0.3, -0.25) is 0 Å². The fourth-order valence-corrected chi connectivity index (χ4v) is 6.53. The van der Waals surface area contributed by atoms with E-state index < -0.39 is 0 Å². The summed E-state index contributed by atoms with van der Waals surface area (Å²) in [6.07, 6.45) is 0. The smallest absolute Gasteiger partial charge is 0.0622 e. The molecular formula is C33H24. The van der Waals surface area contributed by atoms with Crippen molar-refractivity contribution in [1.82, 2.24) is 0 Å². The van der Waals surface area contributed by atoms with Crippen molar-refractivity contribution >= 4 is 0 Å². The van der Waals surface area contributed by atoms with Crippen LogP contribution in [-0.2, 0) is 5.41 Å². The van der Waals surface area contributed by atoms with Gasteiger partial charge in [0.05, 0.1) is 5.41 Å². The second-order valence-electron chi connectivity index (χ2n) is 9.29. The highest BCUT2D eigenvalue weighted by Gasteiger charge is 2.49. The molecule has 1 atom stereocenters. The van der Waals surface area contributed by atoms with Crippen LogP contribution in [0.4, 0.5) is 0 Å². The van der Waals surface area contributed by atoms with Gasteiger partial charge in [0.2, 0.25) is 0 Å². The molecule has 1 unspecified atom stereocenters. The van der Waals surface area contributed by atoms with Crippen molar-refractivity contribution in [3.63, 3.8) is 0 Å². The Balaban J connectivity index is 1.69. The lowest BCUT2D eigenvalue weighted by Gasteiger charge is -2.36. The van der Waals surface area contributed by atoms with Gasteiger partial charge in [-0.05, 0) is 55.6 Å². The third kappa shape index (κ3) is 2.31. The van der Waals surface area contributed by atoms with Crippen molar-refractivity contribution in [1.29, 1.82) is 0 Å². The molecule has 0 bridgehead atoms. The van der Waals surface area contributed by atoms with E-state index in [1.165, 1.54) is 55.6 Å². The number of rotatable bonds is 2. The Morgan fingerprint density at radius 1 is 0.485 bits per heavy atom. The lowest BCUT2D eigenvalue weighted by Crippen LogP contribution is -2.30. The van der Waals surface area contributed by atoms with E-state index in [9.17, 15) is 0 Å². The van der Waals surface area contributed by atoms with Crippen LogP contribution in [0.15, 0.2) is 121 Å². The zero-order chi connectivity index (χ0) is 22.0. The molecule has 0 amide bonds. The number of benzene rings is 5. The van der Waals surface area contributed by atoms with Gasteiger partial charge in [0.15, 0.2) is 0 Å². The molecule has 0 radical (unpaired) electrons. The van der Waals surface area contributed by atoms with Crippen LogP contribution < -0.4 is 0 Å². The normalized spacial score (nSPS) is 16.6. The van der Waals surface area contributed by atoms with E-state index in [-0.39, 0.29) is 5.41 Å². The summed E-state index contributed by atoms with van der Waals surface area (Å²) in [5.74, 6) is 0.354. The molecule has 0 saturated heterocycles. The Bertz CT molecular complexity index is 1470. The van der Waals surface area contributed by atoms with E-state index in [1.54, 1.807) is 0 Å². The lowest BCUT2D eigenvalue weighted by molar-refractivity contribution is 0.747. The van der Waals surface area contributed by atoms with E-state index in [4.69, 9.17) is 0 Å². The maximum atomic E-state index is 2.38. The van der Waals surface area contributed by atoms with E-state index in [0.29, 0.717) is 5.92 Å². The van der Waals surface area contributed by atoms with Gasteiger partial charge < -0.3 is 0 Å². The molecule has 0 nitrogen and oxygen atoms in total. The van der Waals surface area contributed by atoms with Crippen LogP contribution in [-0.4, -0.2) is 0 Å². The van der Waals surface area contributed by atoms with E-state index in [2.05, 4.69) is 128 Å². The van der Waals surface area contributed by atoms with Gasteiger partial charge >= 0.3 is 0 Å². The van der Waals surface area contributed by atoms with Crippen molar-refractivity contribution < 1.29 is 0 Å². The maximum Gasteiger partial charge on any atom is 0.0716 e. The molecule has 0 saturated carbocycles. The molecule has 156 valence electrons. The Morgan fingerprint density at radius 3 is 1.73 bits per heavy atom. The van der Waals surface area contributed by atoms with Gasteiger partial charge in [-0.2, -0.15) is 0 Å². The van der Waals surface area contributed by atoms with Crippen LogP contribution in [0.3, 0.4) is 0 Å². The number of hydrogen-bond donors (Lipinski definition) is 0. The molecule has 5 aromatic rings. The average molecular weight is 421 g/mol. The highest BCUT2D eigenvalue weighted by Crippen LogP contribution is 2.61. The predicted molar refractivity (Wildman–Crippen MR) is 137 cm³/mol. The third-order valence-corrected chi connectivity index (χ3v) is 7.81. The predicted octanol–water partition coefficient (Wildman–Crippen LogP) is 8.18. The van der Waals surface area contributed by atoms with E-state index in [1.807, 2.05) is 0 Å². The molecule has 33 heavy (non-hydrogen) atoms. The maximum absolute atomic E-state index is 2.38. The monoisotopic (exact) mass is 420 g/mol. The zero-order valence-corrected chi connectivity index (χ0v) is 18.6. The summed E-state index contributed by atoms with van der Waals surface area (Å²) in [6, 6.07) is 44.9. The summed E-state index contributed by atoms with van der Waals surface area (Å²) in [5.41, 5.74) is 13.6. The molecule has 0 spiro atoms. The Labute approximate surface area is 195 Å². The second kappa shape index (κ2) is 6.80. The molecular weight excluding hydrogens is 396 g/mol. The van der Waals surface area contributed by atoms with Gasteiger partial charge in [-0.15, -0.1) is 0 Å². The summed E-state index contributed by atoms with van der Waals surface area (Å²) in [6.45, 7) is 2.38. The fraction of sp³-hybridized carbons (Fsp3) is 0.0909. The minimum absolute atomic E-state index is 0.337. The largest absolute Gasteiger partial charge is 0.0716 e. The second-order valence-corrected chi connectivity index (χ2v) is 9.29. The quantitative estimate of drug-likeness (QED) is 0.265. The zero-order valence-electron chi connectivity index (χ0n) is 18.6. The summed E-state index contributed by atoms with van der Waals surface area (Å²) in [4.78, 5) is 0. The fourth-order valence-electron chi connectivity index (χ4n) is 6.53. The Kier molecular flexibility index (Phi) is 3.84. The summed E-state index contributed by atoms with van der Waals surface area (Å²) in [7, 11) is 0.